The van der Waals surface area contributed by atoms with Crippen molar-refractivity contribution in [3.8, 4) is 0 Å². The topological polar surface area (TPSA) is 18.5 Å². The second-order valence-corrected chi connectivity index (χ2v) is 11.9. The molecule has 0 aliphatic rings. The molecule has 0 fully saturated rings. The fraction of sp³-hybridized carbons (Fsp3) is 0.613. The van der Waals surface area contributed by atoms with E-state index in [4.69, 9.17) is 9.47 Å². The Bertz CT molecular complexity index is 768. The van der Waals surface area contributed by atoms with Crippen LogP contribution >= 0.6 is 0 Å². The average Bonchev–Trinajstić information content (AvgIpc) is 2.73. The molecule has 2 rings (SSSR count). The van der Waals surface area contributed by atoms with Crippen molar-refractivity contribution in [1.82, 2.24) is 0 Å². The van der Waals surface area contributed by atoms with Crippen LogP contribution in [0.1, 0.15) is 104 Å². The highest BCUT2D eigenvalue weighted by Gasteiger charge is 2.27. The highest BCUT2D eigenvalue weighted by atomic mass is 16.5. The van der Waals surface area contributed by atoms with Gasteiger partial charge in [-0.2, -0.15) is 0 Å². The van der Waals surface area contributed by atoms with Crippen molar-refractivity contribution in [3.63, 3.8) is 0 Å². The van der Waals surface area contributed by atoms with Crippen LogP contribution in [0.25, 0.3) is 0 Å². The zero-order valence-corrected chi connectivity index (χ0v) is 22.9. The molecular formula is C31H48O2. The van der Waals surface area contributed by atoms with Crippen molar-refractivity contribution in [2.75, 3.05) is 13.2 Å². The molecule has 0 aliphatic carbocycles. The maximum Gasteiger partial charge on any atom is 0.0875 e. The lowest BCUT2D eigenvalue weighted by Gasteiger charge is -2.31. The van der Waals surface area contributed by atoms with Gasteiger partial charge in [0.05, 0.1) is 11.2 Å². The number of hydrogen-bond donors (Lipinski definition) is 0. The van der Waals surface area contributed by atoms with E-state index in [1.54, 1.807) is 0 Å². The standard InChI is InChI=1S/C31H48O2/c1-23(2)19-21-32-30(7,8)27-15-11-25(12-16-27)29(5,6)26-13-17-28(18-14-26)31(9,10)33-22-20-24(3)4/h11-18,23-24H,19-22H2,1-10H3. The summed E-state index contributed by atoms with van der Waals surface area (Å²) in [6.45, 7) is 23.8. The van der Waals surface area contributed by atoms with Crippen LogP contribution in [0, 0.1) is 11.8 Å². The Labute approximate surface area is 204 Å². The van der Waals surface area contributed by atoms with Crippen LogP contribution in [0.15, 0.2) is 48.5 Å². The van der Waals surface area contributed by atoms with Crippen molar-refractivity contribution in [2.45, 2.75) is 98.7 Å². The van der Waals surface area contributed by atoms with E-state index >= 15 is 0 Å². The first kappa shape index (κ1) is 27.6. The summed E-state index contributed by atoms with van der Waals surface area (Å²) in [5, 5.41) is 0. The second kappa shape index (κ2) is 11.2. The Morgan fingerprint density at radius 1 is 0.515 bits per heavy atom. The van der Waals surface area contributed by atoms with Gasteiger partial charge < -0.3 is 9.47 Å². The lowest BCUT2D eigenvalue weighted by atomic mass is 9.77. The predicted octanol–water partition coefficient (Wildman–Crippen LogP) is 8.61. The summed E-state index contributed by atoms with van der Waals surface area (Å²) in [7, 11) is 0. The van der Waals surface area contributed by atoms with Crippen molar-refractivity contribution in [3.05, 3.63) is 70.8 Å². The monoisotopic (exact) mass is 452 g/mol. The predicted molar refractivity (Wildman–Crippen MR) is 142 cm³/mol. The molecule has 0 bridgehead atoms. The molecule has 2 aromatic carbocycles. The zero-order valence-electron chi connectivity index (χ0n) is 22.9. The lowest BCUT2D eigenvalue weighted by molar-refractivity contribution is -0.0265. The van der Waals surface area contributed by atoms with E-state index in [9.17, 15) is 0 Å². The number of benzene rings is 2. The fourth-order valence-corrected chi connectivity index (χ4v) is 4.01. The Balaban J connectivity index is 2.12. The van der Waals surface area contributed by atoms with Crippen molar-refractivity contribution in [2.24, 2.45) is 11.8 Å². The van der Waals surface area contributed by atoms with Crippen LogP contribution in [0.5, 0.6) is 0 Å². The van der Waals surface area contributed by atoms with Crippen molar-refractivity contribution >= 4 is 0 Å². The number of hydrogen-bond acceptors (Lipinski definition) is 2. The van der Waals surface area contributed by atoms with Crippen LogP contribution in [0.4, 0.5) is 0 Å². The molecule has 0 spiro atoms. The minimum atomic E-state index is -0.277. The summed E-state index contributed by atoms with van der Waals surface area (Å²) in [6.07, 6.45) is 2.17. The lowest BCUT2D eigenvalue weighted by Crippen LogP contribution is -2.24. The molecule has 33 heavy (non-hydrogen) atoms. The number of ether oxygens (including phenoxy) is 2. The van der Waals surface area contributed by atoms with Gasteiger partial charge in [-0.25, -0.2) is 0 Å². The molecule has 0 saturated heterocycles. The summed E-state index contributed by atoms with van der Waals surface area (Å²) in [4.78, 5) is 0. The molecule has 0 N–H and O–H groups in total. The van der Waals surface area contributed by atoms with E-state index in [0.29, 0.717) is 11.8 Å². The van der Waals surface area contributed by atoms with E-state index in [1.807, 2.05) is 0 Å². The molecule has 2 heteroatoms. The van der Waals surface area contributed by atoms with Crippen LogP contribution in [0.2, 0.25) is 0 Å². The second-order valence-electron chi connectivity index (χ2n) is 11.9. The van der Waals surface area contributed by atoms with E-state index in [0.717, 1.165) is 26.1 Å². The Kier molecular flexibility index (Phi) is 9.36. The first-order chi connectivity index (χ1) is 15.3. The largest absolute Gasteiger partial charge is 0.371 e. The molecule has 0 unspecified atom stereocenters. The van der Waals surface area contributed by atoms with Gasteiger partial charge in [0.25, 0.3) is 0 Å². The van der Waals surface area contributed by atoms with Crippen LogP contribution < -0.4 is 0 Å². The fourth-order valence-electron chi connectivity index (χ4n) is 4.01. The van der Waals surface area contributed by atoms with E-state index in [1.165, 1.54) is 22.3 Å². The van der Waals surface area contributed by atoms with Gasteiger partial charge >= 0.3 is 0 Å². The van der Waals surface area contributed by atoms with E-state index in [-0.39, 0.29) is 16.6 Å². The molecule has 0 aromatic heterocycles. The molecule has 0 saturated carbocycles. The minimum absolute atomic E-state index is 0.0810. The maximum atomic E-state index is 6.21. The van der Waals surface area contributed by atoms with Crippen LogP contribution in [-0.2, 0) is 26.1 Å². The van der Waals surface area contributed by atoms with Gasteiger partial charge in [-0.15, -0.1) is 0 Å². The molecule has 2 aromatic rings. The SMILES string of the molecule is CC(C)CCOC(C)(C)c1ccc(C(C)(C)c2ccc(C(C)(C)OCCC(C)C)cc2)cc1. The van der Waals surface area contributed by atoms with Gasteiger partial charge in [0.2, 0.25) is 0 Å². The quantitative estimate of drug-likeness (QED) is 0.321. The van der Waals surface area contributed by atoms with Crippen molar-refractivity contribution < 1.29 is 9.47 Å². The minimum Gasteiger partial charge on any atom is -0.371 e. The highest BCUT2D eigenvalue weighted by Crippen LogP contribution is 2.35. The molecular weight excluding hydrogens is 404 g/mol. The summed E-state index contributed by atoms with van der Waals surface area (Å²) in [6, 6.07) is 18.0. The molecule has 0 aliphatic heterocycles. The third-order valence-electron chi connectivity index (χ3n) is 6.92. The van der Waals surface area contributed by atoms with Gasteiger partial charge in [0, 0.05) is 18.6 Å². The smallest absolute Gasteiger partial charge is 0.0875 e. The Morgan fingerprint density at radius 2 is 0.788 bits per heavy atom. The van der Waals surface area contributed by atoms with Gasteiger partial charge in [0.15, 0.2) is 0 Å². The third-order valence-corrected chi connectivity index (χ3v) is 6.92. The first-order valence-electron chi connectivity index (χ1n) is 12.8. The molecule has 0 radical (unpaired) electrons. The Hall–Kier alpha value is -1.64. The van der Waals surface area contributed by atoms with Crippen molar-refractivity contribution in [1.29, 1.82) is 0 Å². The zero-order chi connectivity index (χ0) is 24.9. The number of rotatable bonds is 12. The summed E-state index contributed by atoms with van der Waals surface area (Å²) >= 11 is 0. The van der Waals surface area contributed by atoms with Crippen LogP contribution in [0.3, 0.4) is 0 Å². The van der Waals surface area contributed by atoms with Crippen LogP contribution in [-0.4, -0.2) is 13.2 Å². The van der Waals surface area contributed by atoms with Gasteiger partial charge in [0.1, 0.15) is 0 Å². The van der Waals surface area contributed by atoms with Gasteiger partial charge in [-0.1, -0.05) is 90.1 Å². The molecule has 184 valence electrons. The average molecular weight is 453 g/mol. The summed E-state index contributed by atoms with van der Waals surface area (Å²) < 4.78 is 12.4. The summed E-state index contributed by atoms with van der Waals surface area (Å²) in [5.74, 6) is 1.32. The molecule has 0 amide bonds. The van der Waals surface area contributed by atoms with E-state index in [2.05, 4.69) is 118 Å². The highest BCUT2D eigenvalue weighted by molar-refractivity contribution is 5.41. The maximum absolute atomic E-state index is 6.21. The van der Waals surface area contributed by atoms with E-state index < -0.39 is 0 Å². The van der Waals surface area contributed by atoms with Gasteiger partial charge in [-0.05, 0) is 74.6 Å². The Morgan fingerprint density at radius 3 is 1.06 bits per heavy atom. The summed E-state index contributed by atoms with van der Waals surface area (Å²) in [5.41, 5.74) is 4.43. The molecule has 2 nitrogen and oxygen atoms in total. The van der Waals surface area contributed by atoms with Gasteiger partial charge in [-0.3, -0.25) is 0 Å². The third kappa shape index (κ3) is 7.69. The normalized spacial score (nSPS) is 13.2. The first-order valence-corrected chi connectivity index (χ1v) is 12.8. The molecule has 0 heterocycles. The molecule has 0 atom stereocenters.